The van der Waals surface area contributed by atoms with Gasteiger partial charge in [-0.15, -0.1) is 0 Å². The number of ether oxygens (including phenoxy) is 1. The van der Waals surface area contributed by atoms with Gasteiger partial charge in [-0.2, -0.15) is 0 Å². The second-order valence-electron chi connectivity index (χ2n) is 5.56. The summed E-state index contributed by atoms with van der Waals surface area (Å²) in [7, 11) is 0. The predicted octanol–water partition coefficient (Wildman–Crippen LogP) is 2.69. The first kappa shape index (κ1) is 15.8. The Hall–Kier alpha value is -1.62. The average Bonchev–Trinajstić information content (AvgIpc) is 2.49. The van der Waals surface area contributed by atoms with Gasteiger partial charge in [0, 0.05) is 6.54 Å². The molecule has 0 saturated heterocycles. The maximum atomic E-state index is 12.7. The van der Waals surface area contributed by atoms with Crippen LogP contribution >= 0.6 is 0 Å². The summed E-state index contributed by atoms with van der Waals surface area (Å²) >= 11 is 0. The molecule has 1 aromatic carbocycles. The Morgan fingerprint density at radius 1 is 1.24 bits per heavy atom. The Balaban J connectivity index is 1.54. The minimum Gasteiger partial charge on any atom is -0.492 e. The average molecular weight is 295 g/mol. The Bertz CT molecular complexity index is 441. The summed E-state index contributed by atoms with van der Waals surface area (Å²) in [6, 6.07) is 5.98. The van der Waals surface area contributed by atoms with Gasteiger partial charge in [-0.1, -0.05) is 0 Å². The van der Waals surface area contributed by atoms with E-state index in [2.05, 4.69) is 5.32 Å². The zero-order valence-electron chi connectivity index (χ0n) is 12.1. The Kier molecular flexibility index (Phi) is 5.99. The van der Waals surface area contributed by atoms with Gasteiger partial charge in [-0.05, 0) is 62.4 Å². The fourth-order valence-corrected chi connectivity index (χ4v) is 2.69. The Labute approximate surface area is 124 Å². The number of benzene rings is 1. The van der Waals surface area contributed by atoms with Gasteiger partial charge in [0.15, 0.2) is 0 Å². The molecule has 21 heavy (non-hydrogen) atoms. The molecule has 1 aliphatic carbocycles. The van der Waals surface area contributed by atoms with Crippen LogP contribution in [-0.2, 0) is 4.79 Å². The van der Waals surface area contributed by atoms with Gasteiger partial charge in [0.05, 0.1) is 5.92 Å². The van der Waals surface area contributed by atoms with Crippen molar-refractivity contribution < 1.29 is 19.0 Å². The Morgan fingerprint density at radius 2 is 1.90 bits per heavy atom. The summed E-state index contributed by atoms with van der Waals surface area (Å²) in [6.45, 7) is 2.17. The van der Waals surface area contributed by atoms with Gasteiger partial charge in [0.2, 0.25) is 0 Å². The molecule has 0 amide bonds. The van der Waals surface area contributed by atoms with Gasteiger partial charge < -0.3 is 15.2 Å². The molecule has 1 aromatic rings. The molecule has 0 bridgehead atoms. The molecule has 2 rings (SSSR count). The molecule has 0 radical (unpaired) electrons. The standard InChI is InChI=1S/C16H22FNO3/c17-14-5-7-15(8-6-14)21-10-9-18-11-12-1-3-13(4-2-12)16(19)20/h5-8,12-13,18H,1-4,9-11H2,(H,19,20). The van der Waals surface area contributed by atoms with E-state index in [1.165, 1.54) is 12.1 Å². The minimum atomic E-state index is -0.658. The van der Waals surface area contributed by atoms with Crippen LogP contribution in [0.4, 0.5) is 4.39 Å². The highest BCUT2D eigenvalue weighted by Gasteiger charge is 2.25. The molecule has 0 unspecified atom stereocenters. The molecule has 0 atom stereocenters. The molecule has 4 nitrogen and oxygen atoms in total. The van der Waals surface area contributed by atoms with Crippen molar-refractivity contribution in [3.8, 4) is 5.75 Å². The van der Waals surface area contributed by atoms with Crippen molar-refractivity contribution in [2.45, 2.75) is 25.7 Å². The molecule has 1 aliphatic rings. The highest BCUT2D eigenvalue weighted by Crippen LogP contribution is 2.28. The number of aliphatic carboxylic acids is 1. The van der Waals surface area contributed by atoms with Crippen molar-refractivity contribution in [2.24, 2.45) is 11.8 Å². The Morgan fingerprint density at radius 3 is 2.52 bits per heavy atom. The van der Waals surface area contributed by atoms with Crippen LogP contribution in [0.3, 0.4) is 0 Å². The normalized spacial score (nSPS) is 22.0. The minimum absolute atomic E-state index is 0.150. The highest BCUT2D eigenvalue weighted by atomic mass is 19.1. The number of carbonyl (C=O) groups is 1. The number of hydrogen-bond acceptors (Lipinski definition) is 3. The third-order valence-corrected chi connectivity index (χ3v) is 3.99. The number of hydrogen-bond donors (Lipinski definition) is 2. The van der Waals surface area contributed by atoms with E-state index in [4.69, 9.17) is 9.84 Å². The molecular formula is C16H22FNO3. The van der Waals surface area contributed by atoms with Crippen LogP contribution < -0.4 is 10.1 Å². The van der Waals surface area contributed by atoms with E-state index < -0.39 is 5.97 Å². The van der Waals surface area contributed by atoms with Crippen LogP contribution in [0, 0.1) is 17.7 Å². The number of rotatable bonds is 7. The van der Waals surface area contributed by atoms with Gasteiger partial charge in [0.25, 0.3) is 0 Å². The lowest BCUT2D eigenvalue weighted by Crippen LogP contribution is -2.30. The van der Waals surface area contributed by atoms with Crippen molar-refractivity contribution in [1.29, 1.82) is 0 Å². The first-order valence-corrected chi connectivity index (χ1v) is 7.47. The zero-order valence-corrected chi connectivity index (χ0v) is 12.1. The van der Waals surface area contributed by atoms with E-state index in [-0.39, 0.29) is 11.7 Å². The lowest BCUT2D eigenvalue weighted by atomic mass is 9.82. The number of nitrogens with one attached hydrogen (secondary N) is 1. The lowest BCUT2D eigenvalue weighted by molar-refractivity contribution is -0.143. The maximum absolute atomic E-state index is 12.7. The summed E-state index contributed by atoms with van der Waals surface area (Å²) in [5.74, 6) is 0.154. The van der Waals surface area contributed by atoms with Crippen molar-refractivity contribution in [2.75, 3.05) is 19.7 Å². The fourth-order valence-electron chi connectivity index (χ4n) is 2.69. The lowest BCUT2D eigenvalue weighted by Gasteiger charge is -2.26. The number of carboxylic acids is 1. The van der Waals surface area contributed by atoms with Crippen molar-refractivity contribution in [3.63, 3.8) is 0 Å². The quantitative estimate of drug-likeness (QED) is 0.759. The highest BCUT2D eigenvalue weighted by molar-refractivity contribution is 5.69. The van der Waals surface area contributed by atoms with Gasteiger partial charge in [0.1, 0.15) is 18.2 Å². The zero-order chi connectivity index (χ0) is 15.1. The molecule has 0 heterocycles. The summed E-state index contributed by atoms with van der Waals surface area (Å²) in [4.78, 5) is 10.9. The monoisotopic (exact) mass is 295 g/mol. The van der Waals surface area contributed by atoms with Crippen LogP contribution in [0.1, 0.15) is 25.7 Å². The second-order valence-corrected chi connectivity index (χ2v) is 5.56. The molecule has 1 fully saturated rings. The van der Waals surface area contributed by atoms with Gasteiger partial charge in [-0.25, -0.2) is 4.39 Å². The first-order valence-electron chi connectivity index (χ1n) is 7.47. The summed E-state index contributed by atoms with van der Waals surface area (Å²) < 4.78 is 18.2. The molecular weight excluding hydrogens is 273 g/mol. The predicted molar refractivity (Wildman–Crippen MR) is 77.8 cm³/mol. The number of halogens is 1. The molecule has 1 saturated carbocycles. The van der Waals surface area contributed by atoms with Gasteiger partial charge in [-0.3, -0.25) is 4.79 Å². The van der Waals surface area contributed by atoms with Crippen LogP contribution in [-0.4, -0.2) is 30.8 Å². The molecule has 116 valence electrons. The van der Waals surface area contributed by atoms with Crippen LogP contribution in [0.25, 0.3) is 0 Å². The van der Waals surface area contributed by atoms with Crippen LogP contribution in [0.15, 0.2) is 24.3 Å². The third kappa shape index (κ3) is 5.34. The van der Waals surface area contributed by atoms with E-state index >= 15 is 0 Å². The molecule has 0 aliphatic heterocycles. The third-order valence-electron chi connectivity index (χ3n) is 3.99. The largest absolute Gasteiger partial charge is 0.492 e. The first-order chi connectivity index (χ1) is 10.1. The van der Waals surface area contributed by atoms with Crippen LogP contribution in [0.2, 0.25) is 0 Å². The maximum Gasteiger partial charge on any atom is 0.306 e. The molecule has 2 N–H and O–H groups in total. The molecule has 0 spiro atoms. The summed E-state index contributed by atoms with van der Waals surface area (Å²) in [5.41, 5.74) is 0. The molecule has 5 heteroatoms. The van der Waals surface area contributed by atoms with Crippen molar-refractivity contribution in [3.05, 3.63) is 30.1 Å². The fraction of sp³-hybridized carbons (Fsp3) is 0.562. The smallest absolute Gasteiger partial charge is 0.306 e. The van der Waals surface area contributed by atoms with E-state index in [0.717, 1.165) is 38.8 Å². The summed E-state index contributed by atoms with van der Waals surface area (Å²) in [6.07, 6.45) is 3.52. The SMILES string of the molecule is O=C(O)C1CCC(CNCCOc2ccc(F)cc2)CC1. The number of carboxylic acid groups (broad SMARTS) is 1. The topological polar surface area (TPSA) is 58.6 Å². The van der Waals surface area contributed by atoms with Gasteiger partial charge >= 0.3 is 5.97 Å². The van der Waals surface area contributed by atoms with E-state index in [1.54, 1.807) is 12.1 Å². The second kappa shape index (κ2) is 7.98. The molecule has 0 aromatic heterocycles. The van der Waals surface area contributed by atoms with E-state index in [1.807, 2.05) is 0 Å². The van der Waals surface area contributed by atoms with Crippen LogP contribution in [0.5, 0.6) is 5.75 Å². The summed E-state index contributed by atoms with van der Waals surface area (Å²) in [5, 5.41) is 12.3. The van der Waals surface area contributed by atoms with E-state index in [9.17, 15) is 9.18 Å². The van der Waals surface area contributed by atoms with E-state index in [0.29, 0.717) is 18.3 Å². The van der Waals surface area contributed by atoms with Crippen molar-refractivity contribution >= 4 is 5.97 Å². The van der Waals surface area contributed by atoms with Crippen molar-refractivity contribution in [1.82, 2.24) is 5.32 Å².